The van der Waals surface area contributed by atoms with Crippen molar-refractivity contribution < 1.29 is 23.8 Å². The Morgan fingerprint density at radius 2 is 2.06 bits per heavy atom. The topological polar surface area (TPSA) is 103 Å². The molecular formula is C25H27N3O5. The Kier molecular flexibility index (Phi) is 5.12. The van der Waals surface area contributed by atoms with Crippen molar-refractivity contribution in [1.29, 1.82) is 0 Å². The number of rotatable bonds is 3. The number of carbonyl (C=O) groups excluding carboxylic acids is 2. The van der Waals surface area contributed by atoms with Gasteiger partial charge in [-0.05, 0) is 55.2 Å². The van der Waals surface area contributed by atoms with Crippen molar-refractivity contribution in [3.8, 4) is 16.9 Å². The highest BCUT2D eigenvalue weighted by molar-refractivity contribution is 6.07. The fourth-order valence-electron chi connectivity index (χ4n) is 5.03. The van der Waals surface area contributed by atoms with Crippen LogP contribution < -0.4 is 10.5 Å². The number of amides is 1. The van der Waals surface area contributed by atoms with Gasteiger partial charge in [0, 0.05) is 25.6 Å². The lowest BCUT2D eigenvalue weighted by atomic mass is 9.74. The summed E-state index contributed by atoms with van der Waals surface area (Å²) in [6.45, 7) is 3.17. The maximum Gasteiger partial charge on any atom is 0.338 e. The molecule has 2 aromatic carbocycles. The average Bonchev–Trinajstić information content (AvgIpc) is 3.03. The summed E-state index contributed by atoms with van der Waals surface area (Å²) >= 11 is 0. The molecule has 5 rings (SSSR count). The molecule has 2 unspecified atom stereocenters. The number of nitrogens with zero attached hydrogens (tertiary/aromatic N) is 2. The molecule has 0 bridgehead atoms. The van der Waals surface area contributed by atoms with Crippen LogP contribution in [-0.2, 0) is 19.8 Å². The molecule has 8 heteroatoms. The first-order valence-corrected chi connectivity index (χ1v) is 11.2. The van der Waals surface area contributed by atoms with Crippen molar-refractivity contribution in [2.45, 2.75) is 37.3 Å². The second-order valence-corrected chi connectivity index (χ2v) is 8.82. The number of guanidine groups is 1. The molecule has 33 heavy (non-hydrogen) atoms. The van der Waals surface area contributed by atoms with Crippen molar-refractivity contribution in [3.05, 3.63) is 53.6 Å². The Bertz CT molecular complexity index is 1150. The Labute approximate surface area is 192 Å². The van der Waals surface area contributed by atoms with Gasteiger partial charge in [-0.25, -0.2) is 9.79 Å². The first-order chi connectivity index (χ1) is 15.9. The van der Waals surface area contributed by atoms with E-state index in [0.717, 1.165) is 24.0 Å². The van der Waals surface area contributed by atoms with Crippen LogP contribution in [0.15, 0.2) is 47.5 Å². The summed E-state index contributed by atoms with van der Waals surface area (Å²) in [5.41, 5.74) is 7.14. The summed E-state index contributed by atoms with van der Waals surface area (Å²) < 4.78 is 17.3. The molecule has 172 valence electrons. The maximum atomic E-state index is 13.5. The number of hydrogen-bond acceptors (Lipinski definition) is 7. The molecule has 0 aliphatic carbocycles. The van der Waals surface area contributed by atoms with Gasteiger partial charge < -0.3 is 19.9 Å². The lowest BCUT2D eigenvalue weighted by Gasteiger charge is -2.46. The van der Waals surface area contributed by atoms with E-state index < -0.39 is 11.1 Å². The quantitative estimate of drug-likeness (QED) is 0.723. The lowest BCUT2D eigenvalue weighted by Crippen LogP contribution is -2.55. The third-order valence-corrected chi connectivity index (χ3v) is 6.63. The molecule has 0 aromatic heterocycles. The van der Waals surface area contributed by atoms with Crippen LogP contribution in [-0.4, -0.2) is 55.2 Å². The minimum Gasteiger partial charge on any atom is -0.484 e. The van der Waals surface area contributed by atoms with Gasteiger partial charge in [-0.3, -0.25) is 9.69 Å². The predicted molar refractivity (Wildman–Crippen MR) is 122 cm³/mol. The fourth-order valence-corrected chi connectivity index (χ4v) is 5.03. The van der Waals surface area contributed by atoms with Crippen LogP contribution in [0.2, 0.25) is 0 Å². The zero-order valence-corrected chi connectivity index (χ0v) is 18.8. The molecule has 3 aliphatic rings. The van der Waals surface area contributed by atoms with Gasteiger partial charge in [-0.1, -0.05) is 18.2 Å². The number of hydrogen-bond donors (Lipinski definition) is 1. The van der Waals surface area contributed by atoms with Gasteiger partial charge in [-0.15, -0.1) is 0 Å². The van der Waals surface area contributed by atoms with Crippen LogP contribution in [0.1, 0.15) is 42.1 Å². The summed E-state index contributed by atoms with van der Waals surface area (Å²) in [6, 6.07) is 12.9. The number of esters is 1. The standard InChI is InChI=1S/C25H27N3O5/c1-3-32-21(29)18-7-4-6-16(12-18)17-8-9-20-19(13-17)25(22(30)28(2)23(26)27-25)14-24(33-20)10-5-11-31-15-24/h4,6-9,12-13H,3,5,10-11,14-15H2,1-2H3,(H2,26,27). The van der Waals surface area contributed by atoms with E-state index in [4.69, 9.17) is 24.9 Å². The van der Waals surface area contributed by atoms with E-state index in [1.54, 1.807) is 26.1 Å². The summed E-state index contributed by atoms with van der Waals surface area (Å²) in [5.74, 6) is 0.250. The highest BCUT2D eigenvalue weighted by Gasteiger charge is 2.58. The number of fused-ring (bicyclic) bond motifs is 2. The van der Waals surface area contributed by atoms with Crippen LogP contribution in [0.4, 0.5) is 0 Å². The Morgan fingerprint density at radius 1 is 1.24 bits per heavy atom. The van der Waals surface area contributed by atoms with Gasteiger partial charge in [0.25, 0.3) is 5.91 Å². The van der Waals surface area contributed by atoms with E-state index in [0.29, 0.717) is 43.1 Å². The highest BCUT2D eigenvalue weighted by atomic mass is 16.5. The third kappa shape index (κ3) is 3.45. The second kappa shape index (κ2) is 7.88. The number of nitrogens with two attached hydrogens (primary N) is 1. The van der Waals surface area contributed by atoms with Crippen molar-refractivity contribution in [2.75, 3.05) is 26.9 Å². The van der Waals surface area contributed by atoms with Crippen LogP contribution in [0.5, 0.6) is 5.75 Å². The molecule has 3 heterocycles. The smallest absolute Gasteiger partial charge is 0.338 e. The fraction of sp³-hybridized carbons (Fsp3) is 0.400. The van der Waals surface area contributed by atoms with Crippen LogP contribution in [0.25, 0.3) is 11.1 Å². The van der Waals surface area contributed by atoms with Gasteiger partial charge in [0.15, 0.2) is 11.5 Å². The minimum atomic E-state index is -1.16. The summed E-state index contributed by atoms with van der Waals surface area (Å²) in [6.07, 6.45) is 2.00. The van der Waals surface area contributed by atoms with E-state index >= 15 is 0 Å². The van der Waals surface area contributed by atoms with Gasteiger partial charge >= 0.3 is 5.97 Å². The molecular weight excluding hydrogens is 422 g/mol. The largest absolute Gasteiger partial charge is 0.484 e. The number of aliphatic imine (C=N–C) groups is 1. The maximum absolute atomic E-state index is 13.5. The highest BCUT2D eigenvalue weighted by Crippen LogP contribution is 2.51. The van der Waals surface area contributed by atoms with E-state index in [9.17, 15) is 9.59 Å². The molecule has 2 aromatic rings. The zero-order valence-electron chi connectivity index (χ0n) is 18.8. The molecule has 2 spiro atoms. The molecule has 2 N–H and O–H groups in total. The lowest BCUT2D eigenvalue weighted by molar-refractivity contribution is -0.139. The van der Waals surface area contributed by atoms with Gasteiger partial charge in [0.2, 0.25) is 0 Å². The van der Waals surface area contributed by atoms with Crippen molar-refractivity contribution in [2.24, 2.45) is 10.7 Å². The molecule has 0 radical (unpaired) electrons. The molecule has 1 amide bonds. The summed E-state index contributed by atoms with van der Waals surface area (Å²) in [5, 5.41) is 0. The number of ether oxygens (including phenoxy) is 3. The van der Waals surface area contributed by atoms with Crippen LogP contribution in [0, 0.1) is 0 Å². The monoisotopic (exact) mass is 449 g/mol. The van der Waals surface area contributed by atoms with E-state index in [-0.39, 0.29) is 17.8 Å². The van der Waals surface area contributed by atoms with Crippen LogP contribution in [0.3, 0.4) is 0 Å². The van der Waals surface area contributed by atoms with Crippen molar-refractivity contribution >= 4 is 17.8 Å². The predicted octanol–water partition coefficient (Wildman–Crippen LogP) is 2.84. The molecule has 8 nitrogen and oxygen atoms in total. The Hall–Kier alpha value is -3.39. The van der Waals surface area contributed by atoms with E-state index in [2.05, 4.69) is 0 Å². The molecule has 0 saturated carbocycles. The molecule has 3 aliphatic heterocycles. The van der Waals surface area contributed by atoms with Crippen molar-refractivity contribution in [1.82, 2.24) is 4.90 Å². The molecule has 1 fully saturated rings. The van der Waals surface area contributed by atoms with Gasteiger partial charge in [0.1, 0.15) is 11.4 Å². The average molecular weight is 450 g/mol. The summed E-state index contributed by atoms with van der Waals surface area (Å²) in [7, 11) is 1.64. The van der Waals surface area contributed by atoms with Crippen LogP contribution >= 0.6 is 0 Å². The van der Waals surface area contributed by atoms with E-state index in [1.807, 2.05) is 30.3 Å². The Morgan fingerprint density at radius 3 is 2.76 bits per heavy atom. The normalized spacial score (nSPS) is 26.2. The second-order valence-electron chi connectivity index (χ2n) is 8.82. The first kappa shape index (κ1) is 21.5. The summed E-state index contributed by atoms with van der Waals surface area (Å²) in [4.78, 5) is 31.8. The van der Waals surface area contributed by atoms with E-state index in [1.165, 1.54) is 4.90 Å². The molecule has 2 atom stereocenters. The number of likely N-dealkylation sites (N-methyl/N-ethyl adjacent to an activating group) is 1. The first-order valence-electron chi connectivity index (χ1n) is 11.2. The Balaban J connectivity index is 1.62. The number of benzene rings is 2. The van der Waals surface area contributed by atoms with Crippen molar-refractivity contribution in [3.63, 3.8) is 0 Å². The zero-order chi connectivity index (χ0) is 23.2. The van der Waals surface area contributed by atoms with Gasteiger partial charge in [-0.2, -0.15) is 0 Å². The number of carbonyl (C=O) groups is 2. The molecule has 1 saturated heterocycles. The SMILES string of the molecule is CCOC(=O)c1cccc(-c2ccc3c(c2)C2(CC4(CCCOC4)O3)N=C(N)N(C)C2=O)c1. The van der Waals surface area contributed by atoms with Gasteiger partial charge in [0.05, 0.1) is 18.8 Å². The minimum absolute atomic E-state index is 0.174. The third-order valence-electron chi connectivity index (χ3n) is 6.63.